The van der Waals surface area contributed by atoms with Gasteiger partial charge in [-0.15, -0.1) is 0 Å². The first kappa shape index (κ1) is 11.5. The second-order valence-electron chi connectivity index (χ2n) is 5.10. The first-order chi connectivity index (χ1) is 8.67. The normalized spacial score (nSPS) is 21.0. The van der Waals surface area contributed by atoms with E-state index in [9.17, 15) is 9.18 Å². The van der Waals surface area contributed by atoms with Crippen LogP contribution in [0.3, 0.4) is 0 Å². The minimum absolute atomic E-state index is 0.0277. The molecule has 1 aromatic rings. The maximum absolute atomic E-state index is 13.3. The molecule has 0 saturated heterocycles. The molecule has 0 unspecified atom stereocenters. The van der Waals surface area contributed by atoms with Crippen molar-refractivity contribution in [3.8, 4) is 0 Å². The van der Waals surface area contributed by atoms with Gasteiger partial charge in [0.2, 0.25) is 5.91 Å². The maximum Gasteiger partial charge on any atom is 0.250 e. The molecule has 4 heteroatoms. The van der Waals surface area contributed by atoms with Gasteiger partial charge in [0.25, 0.3) is 0 Å². The first-order valence-electron chi connectivity index (χ1n) is 6.56. The number of anilines is 2. The predicted molar refractivity (Wildman–Crippen MR) is 69.2 cm³/mol. The van der Waals surface area contributed by atoms with E-state index in [1.54, 1.807) is 6.07 Å². The van der Waals surface area contributed by atoms with Crippen molar-refractivity contribution in [2.24, 2.45) is 0 Å². The summed E-state index contributed by atoms with van der Waals surface area (Å²) in [5, 5.41) is 2.88. The summed E-state index contributed by atoms with van der Waals surface area (Å²) in [5.74, 6) is -0.285. The molecule has 1 aliphatic carbocycles. The Morgan fingerprint density at radius 3 is 2.78 bits per heavy atom. The molecule has 1 amide bonds. The van der Waals surface area contributed by atoms with E-state index in [1.807, 2.05) is 6.92 Å². The Labute approximate surface area is 106 Å². The van der Waals surface area contributed by atoms with Crippen LogP contribution in [0.2, 0.25) is 0 Å². The molecule has 2 aliphatic rings. The minimum atomic E-state index is -0.403. The number of carbonyl (C=O) groups excluding carboxylic acids is 1. The fourth-order valence-corrected chi connectivity index (χ4v) is 3.37. The number of rotatable bonds is 1. The summed E-state index contributed by atoms with van der Waals surface area (Å²) >= 11 is 0. The Morgan fingerprint density at radius 2 is 2.11 bits per heavy atom. The highest BCUT2D eigenvalue weighted by atomic mass is 19.1. The van der Waals surface area contributed by atoms with Crippen LogP contribution < -0.4 is 10.2 Å². The topological polar surface area (TPSA) is 32.3 Å². The standard InChI is InChI=1S/C14H17FN2O/c1-2-17-12-6-5-10(15)9-11(12)16-13(18)14(17)7-3-4-8-14/h5-6,9H,2-4,7-8H2,1H3,(H,16,18). The highest BCUT2D eigenvalue weighted by Crippen LogP contribution is 2.44. The van der Waals surface area contributed by atoms with Crippen molar-refractivity contribution in [2.75, 3.05) is 16.8 Å². The summed E-state index contributed by atoms with van der Waals surface area (Å²) in [7, 11) is 0. The lowest BCUT2D eigenvalue weighted by molar-refractivity contribution is -0.121. The molecule has 1 saturated carbocycles. The number of nitrogens with one attached hydrogen (secondary N) is 1. The molecule has 1 aliphatic heterocycles. The van der Waals surface area contributed by atoms with Gasteiger partial charge in [0, 0.05) is 6.54 Å². The number of benzene rings is 1. The summed E-state index contributed by atoms with van der Waals surface area (Å²) in [5.41, 5.74) is 1.14. The zero-order valence-electron chi connectivity index (χ0n) is 10.5. The van der Waals surface area contributed by atoms with E-state index in [4.69, 9.17) is 0 Å². The van der Waals surface area contributed by atoms with Gasteiger partial charge in [0.15, 0.2) is 0 Å². The first-order valence-corrected chi connectivity index (χ1v) is 6.56. The van der Waals surface area contributed by atoms with Gasteiger partial charge in [0.1, 0.15) is 11.4 Å². The second-order valence-corrected chi connectivity index (χ2v) is 5.10. The molecule has 1 spiro atoms. The molecule has 1 fully saturated rings. The lowest BCUT2D eigenvalue weighted by atomic mass is 9.90. The number of carbonyl (C=O) groups is 1. The number of hydrogen-bond donors (Lipinski definition) is 1. The lowest BCUT2D eigenvalue weighted by Gasteiger charge is -2.45. The lowest BCUT2D eigenvalue weighted by Crippen LogP contribution is -2.58. The predicted octanol–water partition coefficient (Wildman–Crippen LogP) is 2.92. The van der Waals surface area contributed by atoms with Gasteiger partial charge in [-0.3, -0.25) is 4.79 Å². The van der Waals surface area contributed by atoms with Gasteiger partial charge >= 0.3 is 0 Å². The van der Waals surface area contributed by atoms with Gasteiger partial charge in [0.05, 0.1) is 11.4 Å². The number of halogens is 1. The Morgan fingerprint density at radius 1 is 1.39 bits per heavy atom. The van der Waals surface area contributed by atoms with Crippen molar-refractivity contribution in [3.63, 3.8) is 0 Å². The van der Waals surface area contributed by atoms with Crippen LogP contribution in [0.25, 0.3) is 0 Å². The van der Waals surface area contributed by atoms with Gasteiger partial charge in [-0.05, 0) is 38.0 Å². The van der Waals surface area contributed by atoms with E-state index in [0.29, 0.717) is 5.69 Å². The SMILES string of the molecule is CCN1c2ccc(F)cc2NC(=O)C12CCCC2. The molecular formula is C14H17FN2O. The Bertz CT molecular complexity index is 495. The number of nitrogens with zero attached hydrogens (tertiary/aromatic N) is 1. The van der Waals surface area contributed by atoms with Crippen molar-refractivity contribution >= 4 is 17.3 Å². The van der Waals surface area contributed by atoms with Crippen molar-refractivity contribution in [3.05, 3.63) is 24.0 Å². The molecule has 18 heavy (non-hydrogen) atoms. The van der Waals surface area contributed by atoms with Crippen molar-refractivity contribution in [2.45, 2.75) is 38.1 Å². The third kappa shape index (κ3) is 1.44. The second kappa shape index (κ2) is 3.97. The van der Waals surface area contributed by atoms with E-state index in [0.717, 1.165) is 37.9 Å². The average Bonchev–Trinajstić information content (AvgIpc) is 2.82. The van der Waals surface area contributed by atoms with Gasteiger partial charge in [-0.1, -0.05) is 12.8 Å². The quantitative estimate of drug-likeness (QED) is 0.828. The average molecular weight is 248 g/mol. The molecule has 1 heterocycles. The molecule has 0 radical (unpaired) electrons. The van der Waals surface area contributed by atoms with Crippen molar-refractivity contribution in [1.29, 1.82) is 0 Å². The highest BCUT2D eigenvalue weighted by Gasteiger charge is 2.48. The Kier molecular flexibility index (Phi) is 2.54. The Hall–Kier alpha value is -1.58. The van der Waals surface area contributed by atoms with Crippen LogP contribution in [0.1, 0.15) is 32.6 Å². The fourth-order valence-electron chi connectivity index (χ4n) is 3.37. The van der Waals surface area contributed by atoms with Gasteiger partial charge in [-0.2, -0.15) is 0 Å². The number of amides is 1. The number of hydrogen-bond acceptors (Lipinski definition) is 2. The number of fused-ring (bicyclic) bond motifs is 1. The van der Waals surface area contributed by atoms with Crippen molar-refractivity contribution < 1.29 is 9.18 Å². The summed E-state index contributed by atoms with van der Waals surface area (Å²) < 4.78 is 13.3. The summed E-state index contributed by atoms with van der Waals surface area (Å²) in [6.45, 7) is 2.82. The molecule has 0 aromatic heterocycles. The third-order valence-corrected chi connectivity index (χ3v) is 4.18. The maximum atomic E-state index is 13.3. The highest BCUT2D eigenvalue weighted by molar-refractivity contribution is 6.06. The Balaban J connectivity index is 2.12. The van der Waals surface area contributed by atoms with Gasteiger partial charge < -0.3 is 10.2 Å². The fraction of sp³-hybridized carbons (Fsp3) is 0.500. The zero-order valence-corrected chi connectivity index (χ0v) is 10.5. The molecule has 96 valence electrons. The summed E-state index contributed by atoms with van der Waals surface area (Å²) in [4.78, 5) is 14.5. The molecule has 1 N–H and O–H groups in total. The van der Waals surface area contributed by atoms with Crippen LogP contribution in [0, 0.1) is 5.82 Å². The molecule has 0 bridgehead atoms. The molecule has 0 atom stereocenters. The molecule has 3 nitrogen and oxygen atoms in total. The largest absolute Gasteiger partial charge is 0.356 e. The van der Waals surface area contributed by atoms with E-state index in [1.165, 1.54) is 12.1 Å². The molecule has 3 rings (SSSR count). The van der Waals surface area contributed by atoms with Crippen LogP contribution in [0.15, 0.2) is 18.2 Å². The van der Waals surface area contributed by atoms with E-state index in [2.05, 4.69) is 10.2 Å². The van der Waals surface area contributed by atoms with Crippen LogP contribution >= 0.6 is 0 Å². The molecule has 1 aromatic carbocycles. The minimum Gasteiger partial charge on any atom is -0.356 e. The van der Waals surface area contributed by atoms with Crippen molar-refractivity contribution in [1.82, 2.24) is 0 Å². The third-order valence-electron chi connectivity index (χ3n) is 4.18. The van der Waals surface area contributed by atoms with Crippen LogP contribution in [0.5, 0.6) is 0 Å². The monoisotopic (exact) mass is 248 g/mol. The van der Waals surface area contributed by atoms with Crippen LogP contribution in [0.4, 0.5) is 15.8 Å². The van der Waals surface area contributed by atoms with E-state index >= 15 is 0 Å². The van der Waals surface area contributed by atoms with Crippen LogP contribution in [-0.4, -0.2) is 18.0 Å². The zero-order chi connectivity index (χ0) is 12.8. The van der Waals surface area contributed by atoms with E-state index in [-0.39, 0.29) is 11.7 Å². The smallest absolute Gasteiger partial charge is 0.250 e. The summed E-state index contributed by atoms with van der Waals surface area (Å²) in [6.07, 6.45) is 3.95. The van der Waals surface area contributed by atoms with Gasteiger partial charge in [-0.25, -0.2) is 4.39 Å². The molecular weight excluding hydrogens is 231 g/mol. The van der Waals surface area contributed by atoms with Crippen LogP contribution in [-0.2, 0) is 4.79 Å². The van der Waals surface area contributed by atoms with E-state index < -0.39 is 5.54 Å². The summed E-state index contributed by atoms with van der Waals surface area (Å²) in [6, 6.07) is 4.63. The number of likely N-dealkylation sites (N-methyl/N-ethyl adjacent to an activating group) is 1.